The molecule has 1 fully saturated rings. The second-order valence-corrected chi connectivity index (χ2v) is 8.18. The number of nitrogens with two attached hydrogens (primary N) is 1. The van der Waals surface area contributed by atoms with Crippen LogP contribution in [0.1, 0.15) is 19.5 Å². The number of nitrogen functional groups attached to an aromatic ring is 1. The summed E-state index contributed by atoms with van der Waals surface area (Å²) in [5.74, 6) is 1.09. The predicted molar refractivity (Wildman–Crippen MR) is 104 cm³/mol. The monoisotopic (exact) mass is 379 g/mol. The van der Waals surface area contributed by atoms with Crippen LogP contribution in [0.4, 0.5) is 11.8 Å². The van der Waals surface area contributed by atoms with Crippen molar-refractivity contribution in [1.82, 2.24) is 15.0 Å². The van der Waals surface area contributed by atoms with Gasteiger partial charge in [0.05, 0.1) is 34.4 Å². The summed E-state index contributed by atoms with van der Waals surface area (Å²) in [7, 11) is 0. The molecule has 2 aromatic heterocycles. The first-order valence-corrected chi connectivity index (χ1v) is 9.70. The fourth-order valence-electron chi connectivity index (χ4n) is 2.52. The summed E-state index contributed by atoms with van der Waals surface area (Å²) >= 11 is 8.13. The minimum Gasteiger partial charge on any atom is -0.384 e. The molecular formula is C17H22ClN5OS. The Morgan fingerprint density at radius 2 is 1.96 bits per heavy atom. The van der Waals surface area contributed by atoms with Crippen LogP contribution in [0.2, 0.25) is 5.02 Å². The third-order valence-electron chi connectivity index (χ3n) is 4.29. The zero-order chi connectivity index (χ0) is 18.0. The second kappa shape index (κ2) is 7.35. The molecule has 0 unspecified atom stereocenters. The van der Waals surface area contributed by atoms with Crippen LogP contribution >= 0.6 is 23.4 Å². The number of thioether (sulfide) groups is 1. The topological polar surface area (TPSA) is 77.2 Å². The van der Waals surface area contributed by atoms with Gasteiger partial charge in [0.2, 0.25) is 5.95 Å². The van der Waals surface area contributed by atoms with E-state index in [-0.39, 0.29) is 4.75 Å². The molecule has 3 rings (SSSR count). The van der Waals surface area contributed by atoms with E-state index < -0.39 is 0 Å². The molecule has 0 aliphatic carbocycles. The molecule has 8 heteroatoms. The van der Waals surface area contributed by atoms with Crippen LogP contribution < -0.4 is 10.6 Å². The third-order valence-corrected chi connectivity index (χ3v) is 5.83. The minimum atomic E-state index is -0.146. The Balaban J connectivity index is 2.11. The van der Waals surface area contributed by atoms with Gasteiger partial charge in [0.1, 0.15) is 5.82 Å². The van der Waals surface area contributed by atoms with E-state index in [4.69, 9.17) is 32.0 Å². The molecule has 3 heterocycles. The number of ether oxygens (including phenoxy) is 1. The summed E-state index contributed by atoms with van der Waals surface area (Å²) in [6.45, 7) is 7.20. The highest BCUT2D eigenvalue weighted by atomic mass is 35.5. The Bertz CT molecular complexity index is 765. The van der Waals surface area contributed by atoms with E-state index in [9.17, 15) is 0 Å². The Kier molecular flexibility index (Phi) is 5.36. The maximum absolute atomic E-state index is 6.38. The van der Waals surface area contributed by atoms with Crippen molar-refractivity contribution in [3.63, 3.8) is 0 Å². The lowest BCUT2D eigenvalue weighted by atomic mass is 10.1. The van der Waals surface area contributed by atoms with Gasteiger partial charge in [-0.15, -0.1) is 0 Å². The average Bonchev–Trinajstić information content (AvgIpc) is 2.62. The van der Waals surface area contributed by atoms with Gasteiger partial charge in [-0.3, -0.25) is 0 Å². The summed E-state index contributed by atoms with van der Waals surface area (Å²) in [4.78, 5) is 15.9. The van der Waals surface area contributed by atoms with Gasteiger partial charge < -0.3 is 15.4 Å². The van der Waals surface area contributed by atoms with E-state index in [0.29, 0.717) is 30.0 Å². The standard InChI is InChI=1S/C17H22ClN5OS/c1-17(2,25-3)14-9-13(11-10-20-15(19)8-12(11)18)21-16(22-14)23-4-6-24-7-5-23/h8-10H,4-7H2,1-3H3,(H2,19,20). The molecule has 0 aromatic carbocycles. The van der Waals surface area contributed by atoms with E-state index in [0.717, 1.165) is 30.0 Å². The van der Waals surface area contributed by atoms with Crippen molar-refractivity contribution >= 4 is 35.1 Å². The summed E-state index contributed by atoms with van der Waals surface area (Å²) in [6, 6.07) is 3.63. The molecule has 0 atom stereocenters. The van der Waals surface area contributed by atoms with Gasteiger partial charge in [0.25, 0.3) is 0 Å². The number of nitrogens with zero attached hydrogens (tertiary/aromatic N) is 4. The number of rotatable bonds is 4. The van der Waals surface area contributed by atoms with Crippen molar-refractivity contribution in [2.24, 2.45) is 0 Å². The average molecular weight is 380 g/mol. The second-order valence-electron chi connectivity index (χ2n) is 6.34. The normalized spacial score (nSPS) is 15.4. The molecule has 1 aliphatic heterocycles. The predicted octanol–water partition coefficient (Wildman–Crippen LogP) is 3.21. The first kappa shape index (κ1) is 18.2. The SMILES string of the molecule is CSC(C)(C)c1cc(-c2cnc(N)cc2Cl)nc(N2CCOCC2)n1. The number of pyridine rings is 1. The fraction of sp³-hybridized carbons (Fsp3) is 0.471. The number of hydrogen-bond donors (Lipinski definition) is 1. The van der Waals surface area contributed by atoms with Crippen LogP contribution in [-0.4, -0.2) is 47.5 Å². The molecule has 2 aromatic rings. The van der Waals surface area contributed by atoms with Crippen molar-refractivity contribution in [2.45, 2.75) is 18.6 Å². The largest absolute Gasteiger partial charge is 0.384 e. The number of anilines is 2. The van der Waals surface area contributed by atoms with Crippen molar-refractivity contribution in [2.75, 3.05) is 43.2 Å². The van der Waals surface area contributed by atoms with Crippen LogP contribution in [0.15, 0.2) is 18.3 Å². The Hall–Kier alpha value is -1.57. The maximum atomic E-state index is 6.38. The van der Waals surface area contributed by atoms with E-state index in [1.807, 2.05) is 6.07 Å². The zero-order valence-electron chi connectivity index (χ0n) is 14.6. The molecular weight excluding hydrogens is 358 g/mol. The van der Waals surface area contributed by atoms with Gasteiger partial charge in [-0.1, -0.05) is 11.6 Å². The van der Waals surface area contributed by atoms with Crippen molar-refractivity contribution in [3.8, 4) is 11.3 Å². The summed E-state index contributed by atoms with van der Waals surface area (Å²) in [6.07, 6.45) is 3.74. The van der Waals surface area contributed by atoms with Crippen molar-refractivity contribution in [1.29, 1.82) is 0 Å². The minimum absolute atomic E-state index is 0.146. The Morgan fingerprint density at radius 1 is 1.24 bits per heavy atom. The molecule has 1 aliphatic rings. The molecule has 0 saturated carbocycles. The summed E-state index contributed by atoms with van der Waals surface area (Å²) in [5.41, 5.74) is 8.19. The van der Waals surface area contributed by atoms with Crippen LogP contribution in [0.25, 0.3) is 11.3 Å². The maximum Gasteiger partial charge on any atom is 0.226 e. The highest BCUT2D eigenvalue weighted by molar-refractivity contribution is 7.99. The van der Waals surface area contributed by atoms with Crippen LogP contribution in [0.3, 0.4) is 0 Å². The Morgan fingerprint density at radius 3 is 2.60 bits per heavy atom. The number of morpholine rings is 1. The summed E-state index contributed by atoms with van der Waals surface area (Å²) in [5, 5.41) is 0.534. The highest BCUT2D eigenvalue weighted by Crippen LogP contribution is 2.36. The first-order valence-electron chi connectivity index (χ1n) is 8.09. The molecule has 0 radical (unpaired) electrons. The molecule has 134 valence electrons. The van der Waals surface area contributed by atoms with Crippen LogP contribution in [0, 0.1) is 0 Å². The lowest BCUT2D eigenvalue weighted by Crippen LogP contribution is -2.37. The number of halogens is 1. The molecule has 0 bridgehead atoms. The molecule has 0 amide bonds. The zero-order valence-corrected chi connectivity index (χ0v) is 16.2. The van der Waals surface area contributed by atoms with Crippen LogP contribution in [-0.2, 0) is 9.48 Å². The molecule has 1 saturated heterocycles. The van der Waals surface area contributed by atoms with E-state index in [1.165, 1.54) is 0 Å². The third kappa shape index (κ3) is 3.99. The van der Waals surface area contributed by atoms with Gasteiger partial charge in [-0.25, -0.2) is 15.0 Å². The van der Waals surface area contributed by atoms with Crippen molar-refractivity contribution in [3.05, 3.63) is 29.0 Å². The van der Waals surface area contributed by atoms with Gasteiger partial charge in [0.15, 0.2) is 0 Å². The molecule has 0 spiro atoms. The van der Waals surface area contributed by atoms with E-state index in [1.54, 1.807) is 24.0 Å². The van der Waals surface area contributed by atoms with E-state index >= 15 is 0 Å². The number of aromatic nitrogens is 3. The fourth-order valence-corrected chi connectivity index (χ4v) is 3.10. The smallest absolute Gasteiger partial charge is 0.226 e. The lowest BCUT2D eigenvalue weighted by molar-refractivity contribution is 0.122. The Labute approximate surface area is 157 Å². The molecule has 6 nitrogen and oxygen atoms in total. The summed E-state index contributed by atoms with van der Waals surface area (Å²) < 4.78 is 5.29. The van der Waals surface area contributed by atoms with Gasteiger partial charge in [0, 0.05) is 24.8 Å². The number of hydrogen-bond acceptors (Lipinski definition) is 7. The lowest BCUT2D eigenvalue weighted by Gasteiger charge is -2.29. The van der Waals surface area contributed by atoms with Crippen LogP contribution in [0.5, 0.6) is 0 Å². The van der Waals surface area contributed by atoms with E-state index in [2.05, 4.69) is 30.0 Å². The highest BCUT2D eigenvalue weighted by Gasteiger charge is 2.25. The quantitative estimate of drug-likeness (QED) is 0.873. The van der Waals surface area contributed by atoms with Gasteiger partial charge in [-0.2, -0.15) is 11.8 Å². The molecule has 2 N–H and O–H groups in total. The van der Waals surface area contributed by atoms with Crippen molar-refractivity contribution < 1.29 is 4.74 Å². The van der Waals surface area contributed by atoms with Gasteiger partial charge >= 0.3 is 0 Å². The van der Waals surface area contributed by atoms with Gasteiger partial charge in [-0.05, 0) is 32.2 Å². The first-order chi connectivity index (χ1) is 11.9. The molecule has 25 heavy (non-hydrogen) atoms.